The molecular formula is C44H48Cl2HfO. The van der Waals surface area contributed by atoms with Crippen LogP contribution >= 0.6 is 0 Å². The van der Waals surface area contributed by atoms with Gasteiger partial charge in [0, 0.05) is 0 Å². The maximum Gasteiger partial charge on any atom is 4.00 e. The Labute approximate surface area is 319 Å². The van der Waals surface area contributed by atoms with Crippen LogP contribution < -0.4 is 29.6 Å². The minimum absolute atomic E-state index is 0. The van der Waals surface area contributed by atoms with Crippen LogP contribution in [0.25, 0.3) is 43.8 Å². The smallest absolute Gasteiger partial charge is 1.00 e. The van der Waals surface area contributed by atoms with Gasteiger partial charge in [0.15, 0.2) is 0 Å². The SMILES string of the molecule is COc1c(C(C)(C)C)cc2[cH-]c(C)cc2c1-c1cc(C)cc(C)c1.Cc1cc(C)cc(-c2c3c(cc4[cH-]c(C)cc24)CCC3)c1.[Cl-].[Cl-].[Hf+4]. The van der Waals surface area contributed by atoms with Gasteiger partial charge < -0.3 is 29.6 Å². The molecule has 4 heteroatoms. The van der Waals surface area contributed by atoms with Crippen molar-refractivity contribution in [2.75, 3.05) is 7.11 Å². The van der Waals surface area contributed by atoms with Gasteiger partial charge in [-0.25, -0.2) is 0 Å². The van der Waals surface area contributed by atoms with Gasteiger partial charge in [0.25, 0.3) is 0 Å². The fraction of sp³-hybridized carbons (Fsp3) is 0.318. The number of ether oxygens (including phenoxy) is 1. The first-order chi connectivity index (χ1) is 21.3. The predicted molar refractivity (Wildman–Crippen MR) is 196 cm³/mol. The van der Waals surface area contributed by atoms with E-state index in [9.17, 15) is 0 Å². The van der Waals surface area contributed by atoms with Crippen molar-refractivity contribution in [3.05, 3.63) is 123 Å². The van der Waals surface area contributed by atoms with Crippen LogP contribution in [0, 0.1) is 41.5 Å². The normalized spacial score (nSPS) is 12.0. The second kappa shape index (κ2) is 15.5. The molecule has 1 aliphatic carbocycles. The summed E-state index contributed by atoms with van der Waals surface area (Å²) >= 11 is 0. The summed E-state index contributed by atoms with van der Waals surface area (Å²) in [5, 5.41) is 5.44. The van der Waals surface area contributed by atoms with E-state index in [1.54, 1.807) is 18.2 Å². The molecule has 0 N–H and O–H groups in total. The molecule has 0 spiro atoms. The third-order valence-electron chi connectivity index (χ3n) is 9.37. The molecular weight excluding hydrogens is 794 g/mol. The van der Waals surface area contributed by atoms with Crippen LogP contribution in [0.5, 0.6) is 5.75 Å². The van der Waals surface area contributed by atoms with Crippen LogP contribution in [0.3, 0.4) is 0 Å². The standard InChI is InChI=1S/C23H27O.C21H21.2ClH.Hf/c1-14-8-15(2)11-18(10-14)21-19-12-16(3)9-17(19)13-20(22(21)24-7)23(4,5)6;1-13-7-14(2)10-18(9-13)21-19-6-4-5-16(19)12-17-8-15(3)11-20(17)21;;;/h8-13H,1-7H3;7-12H,4-6H2,1-3H3;2*1H;/q2*-1;;;+4/p-2. The first-order valence-electron chi connectivity index (χ1n) is 16.5. The zero-order valence-corrected chi connectivity index (χ0v) is 35.3. The molecule has 6 aromatic carbocycles. The van der Waals surface area contributed by atoms with E-state index in [2.05, 4.69) is 135 Å². The van der Waals surface area contributed by atoms with Gasteiger partial charge in [-0.3, -0.25) is 0 Å². The molecule has 0 radical (unpaired) electrons. The zero-order valence-electron chi connectivity index (χ0n) is 30.2. The Bertz CT molecular complexity index is 2030. The molecule has 7 rings (SSSR count). The third-order valence-corrected chi connectivity index (χ3v) is 9.37. The monoisotopic (exact) mass is 842 g/mol. The molecule has 0 heterocycles. The molecule has 1 nitrogen and oxygen atoms in total. The summed E-state index contributed by atoms with van der Waals surface area (Å²) in [5.41, 5.74) is 17.8. The Morgan fingerprint density at radius 2 is 1.04 bits per heavy atom. The number of hydrogen-bond donors (Lipinski definition) is 0. The second-order valence-corrected chi connectivity index (χ2v) is 14.6. The van der Waals surface area contributed by atoms with Crippen LogP contribution in [0.1, 0.15) is 77.3 Å². The molecule has 0 saturated carbocycles. The molecule has 0 aliphatic heterocycles. The molecule has 48 heavy (non-hydrogen) atoms. The van der Waals surface area contributed by atoms with Gasteiger partial charge in [-0.15, -0.1) is 56.9 Å². The van der Waals surface area contributed by atoms with Gasteiger partial charge in [0.2, 0.25) is 0 Å². The average molecular weight is 842 g/mol. The van der Waals surface area contributed by atoms with E-state index in [1.807, 2.05) is 0 Å². The van der Waals surface area contributed by atoms with E-state index >= 15 is 0 Å². The van der Waals surface area contributed by atoms with Gasteiger partial charge >= 0.3 is 25.8 Å². The first-order valence-corrected chi connectivity index (χ1v) is 16.5. The number of rotatable bonds is 3. The maximum absolute atomic E-state index is 5.95. The van der Waals surface area contributed by atoms with Crippen molar-refractivity contribution < 1.29 is 55.4 Å². The Morgan fingerprint density at radius 1 is 0.583 bits per heavy atom. The van der Waals surface area contributed by atoms with E-state index in [-0.39, 0.29) is 56.1 Å². The summed E-state index contributed by atoms with van der Waals surface area (Å²) in [4.78, 5) is 0. The molecule has 1 aliphatic rings. The minimum atomic E-state index is 0. The van der Waals surface area contributed by atoms with Gasteiger partial charge in [0.05, 0.1) is 7.11 Å². The predicted octanol–water partition coefficient (Wildman–Crippen LogP) is 6.10. The van der Waals surface area contributed by atoms with Crippen LogP contribution in [0.4, 0.5) is 0 Å². The molecule has 0 saturated heterocycles. The van der Waals surface area contributed by atoms with Gasteiger partial charge in [-0.2, -0.15) is 12.1 Å². The van der Waals surface area contributed by atoms with Crippen LogP contribution in [-0.2, 0) is 44.1 Å². The number of halogens is 2. The van der Waals surface area contributed by atoms with Crippen molar-refractivity contribution in [2.24, 2.45) is 0 Å². The Morgan fingerprint density at radius 3 is 1.52 bits per heavy atom. The van der Waals surface area contributed by atoms with Crippen molar-refractivity contribution >= 4 is 21.5 Å². The van der Waals surface area contributed by atoms with E-state index in [4.69, 9.17) is 4.74 Å². The van der Waals surface area contributed by atoms with E-state index < -0.39 is 0 Å². The fourth-order valence-electron chi connectivity index (χ4n) is 7.69. The van der Waals surface area contributed by atoms with Crippen LogP contribution in [0.2, 0.25) is 0 Å². The summed E-state index contributed by atoms with van der Waals surface area (Å²) in [5.74, 6) is 1.01. The summed E-state index contributed by atoms with van der Waals surface area (Å²) in [6, 6.07) is 27.7. The quantitative estimate of drug-likeness (QED) is 0.155. The number of benzene rings is 4. The van der Waals surface area contributed by atoms with Crippen LogP contribution in [-0.4, -0.2) is 7.11 Å². The molecule has 6 aromatic rings. The summed E-state index contributed by atoms with van der Waals surface area (Å²) < 4.78 is 5.95. The van der Waals surface area contributed by atoms with Crippen molar-refractivity contribution in [3.63, 3.8) is 0 Å². The zero-order chi connectivity index (χ0) is 32.2. The van der Waals surface area contributed by atoms with E-state index in [0.29, 0.717) is 0 Å². The average Bonchev–Trinajstić information content (AvgIpc) is 3.65. The maximum atomic E-state index is 5.95. The van der Waals surface area contributed by atoms with Gasteiger partial charge in [-0.05, 0) is 74.6 Å². The largest absolute Gasteiger partial charge is 4.00 e. The molecule has 0 aromatic heterocycles. The first kappa shape index (κ1) is 39.8. The number of methoxy groups -OCH3 is 1. The van der Waals surface area contributed by atoms with Gasteiger partial charge in [-0.1, -0.05) is 110 Å². The topological polar surface area (TPSA) is 9.23 Å². The third kappa shape index (κ3) is 7.88. The van der Waals surface area contributed by atoms with Gasteiger partial charge in [0.1, 0.15) is 5.75 Å². The Balaban J connectivity index is 0.000000247. The van der Waals surface area contributed by atoms with E-state index in [1.165, 1.54) is 102 Å². The van der Waals surface area contributed by atoms with Crippen molar-refractivity contribution in [3.8, 4) is 28.0 Å². The fourth-order valence-corrected chi connectivity index (χ4v) is 7.69. The number of hydrogen-bond acceptors (Lipinski definition) is 1. The summed E-state index contributed by atoms with van der Waals surface area (Å²) in [6.45, 7) is 19.8. The van der Waals surface area contributed by atoms with Crippen LogP contribution in [0.15, 0.2) is 72.8 Å². The molecule has 0 unspecified atom stereocenters. The van der Waals surface area contributed by atoms with Crippen molar-refractivity contribution in [1.29, 1.82) is 0 Å². The van der Waals surface area contributed by atoms with Crippen molar-refractivity contribution in [2.45, 2.75) is 87.0 Å². The minimum Gasteiger partial charge on any atom is -1.00 e. The number of aryl methyl sites for hydroxylation is 7. The molecule has 248 valence electrons. The number of fused-ring (bicyclic) bond motifs is 3. The Hall–Kier alpha value is -2.65. The Kier molecular flexibility index (Phi) is 12.8. The summed E-state index contributed by atoms with van der Waals surface area (Å²) in [6.07, 6.45) is 3.78. The molecule has 0 fully saturated rings. The second-order valence-electron chi connectivity index (χ2n) is 14.6. The molecule has 0 atom stereocenters. The van der Waals surface area contributed by atoms with E-state index in [0.717, 1.165) is 5.75 Å². The summed E-state index contributed by atoms with van der Waals surface area (Å²) in [7, 11) is 1.79. The molecule has 0 amide bonds. The molecule has 0 bridgehead atoms. The van der Waals surface area contributed by atoms with Crippen molar-refractivity contribution in [1.82, 2.24) is 0 Å².